The Hall–Kier alpha value is -1.37. The van der Waals surface area contributed by atoms with Gasteiger partial charge in [-0.2, -0.15) is 0 Å². The molecule has 0 radical (unpaired) electrons. The van der Waals surface area contributed by atoms with Gasteiger partial charge in [0.1, 0.15) is 5.75 Å². The molecule has 4 nitrogen and oxygen atoms in total. The fraction of sp³-hybridized carbons (Fsp3) is 0.375. The van der Waals surface area contributed by atoms with E-state index in [0.717, 1.165) is 6.20 Å². The van der Waals surface area contributed by atoms with E-state index < -0.39 is 18.0 Å². The molecule has 8 heteroatoms. The van der Waals surface area contributed by atoms with Crippen molar-refractivity contribution < 1.29 is 27.8 Å². The highest BCUT2D eigenvalue weighted by Crippen LogP contribution is 2.37. The van der Waals surface area contributed by atoms with Crippen LogP contribution in [0.3, 0.4) is 0 Å². The summed E-state index contributed by atoms with van der Waals surface area (Å²) in [5.74, 6) is -1.89. The zero-order chi connectivity index (χ0) is 12.3. The van der Waals surface area contributed by atoms with Crippen LogP contribution in [-0.4, -0.2) is 23.6 Å². The summed E-state index contributed by atoms with van der Waals surface area (Å²) in [4.78, 5) is 3.27. The summed E-state index contributed by atoms with van der Waals surface area (Å²) in [6, 6.07) is 0. The van der Waals surface area contributed by atoms with E-state index in [1.807, 2.05) is 0 Å². The third-order valence-electron chi connectivity index (χ3n) is 1.65. The quantitative estimate of drug-likeness (QED) is 0.845. The maximum atomic E-state index is 11.9. The third-order valence-corrected chi connectivity index (χ3v) is 1.92. The third kappa shape index (κ3) is 2.82. The molecule has 90 valence electrons. The lowest BCUT2D eigenvalue weighted by Crippen LogP contribution is -2.18. The van der Waals surface area contributed by atoms with Gasteiger partial charge in [-0.3, -0.25) is 0 Å². The molecule has 0 saturated carbocycles. The molecule has 0 amide bonds. The minimum Gasteiger partial charge on any atom is -0.503 e. The van der Waals surface area contributed by atoms with Crippen LogP contribution in [0.5, 0.6) is 17.4 Å². The van der Waals surface area contributed by atoms with Gasteiger partial charge in [-0.15, -0.1) is 24.8 Å². The Morgan fingerprint density at radius 2 is 2.12 bits per heavy atom. The van der Waals surface area contributed by atoms with Gasteiger partial charge in [0.05, 0.1) is 24.8 Å². The largest absolute Gasteiger partial charge is 0.574 e. The minimum atomic E-state index is -4.93. The second-order valence-corrected chi connectivity index (χ2v) is 2.91. The van der Waals surface area contributed by atoms with Crippen LogP contribution >= 0.6 is 11.6 Å². The Morgan fingerprint density at radius 1 is 1.50 bits per heavy atom. The highest BCUT2D eigenvalue weighted by atomic mass is 35.5. The van der Waals surface area contributed by atoms with Crippen LogP contribution in [0.15, 0.2) is 6.20 Å². The van der Waals surface area contributed by atoms with Crippen LogP contribution in [0, 0.1) is 0 Å². The smallest absolute Gasteiger partial charge is 0.503 e. The molecule has 1 heterocycles. The fourth-order valence-corrected chi connectivity index (χ4v) is 1.25. The zero-order valence-corrected chi connectivity index (χ0v) is 8.76. The SMILES string of the molecule is COc1cnc(OC(F)(F)F)c(O)c1CCl. The topological polar surface area (TPSA) is 51.6 Å². The van der Waals surface area contributed by atoms with Gasteiger partial charge in [0.25, 0.3) is 5.88 Å². The minimum absolute atomic E-state index is 0.0154. The summed E-state index contributed by atoms with van der Waals surface area (Å²) in [6.07, 6.45) is -3.94. The van der Waals surface area contributed by atoms with Gasteiger partial charge >= 0.3 is 6.36 Å². The highest BCUT2D eigenvalue weighted by molar-refractivity contribution is 6.17. The lowest BCUT2D eigenvalue weighted by atomic mass is 10.2. The molecular weight excluding hydrogens is 251 g/mol. The molecule has 0 aliphatic carbocycles. The Bertz CT molecular complexity index is 384. The molecule has 1 N–H and O–H groups in total. The van der Waals surface area contributed by atoms with Crippen molar-refractivity contribution in [1.29, 1.82) is 0 Å². The molecule has 0 aromatic carbocycles. The number of aromatic hydroxyl groups is 1. The first kappa shape index (κ1) is 12.7. The van der Waals surface area contributed by atoms with E-state index in [-0.39, 0.29) is 17.2 Å². The average Bonchev–Trinajstić information content (AvgIpc) is 2.19. The number of nitrogens with zero attached hydrogens (tertiary/aromatic N) is 1. The second kappa shape index (κ2) is 4.65. The van der Waals surface area contributed by atoms with Crippen LogP contribution in [0.25, 0.3) is 0 Å². The number of ether oxygens (including phenoxy) is 2. The van der Waals surface area contributed by atoms with Gasteiger partial charge in [-0.05, 0) is 0 Å². The normalized spacial score (nSPS) is 11.3. The maximum Gasteiger partial charge on any atom is 0.574 e. The standard InChI is InChI=1S/C8H7ClF3NO3/c1-15-5-3-13-7(16-8(10,11)12)6(14)4(5)2-9/h3,14H,2H2,1H3. The van der Waals surface area contributed by atoms with Crippen molar-refractivity contribution in [3.63, 3.8) is 0 Å². The van der Waals surface area contributed by atoms with Crippen LogP contribution in [0.4, 0.5) is 13.2 Å². The zero-order valence-electron chi connectivity index (χ0n) is 8.01. The molecule has 1 aromatic heterocycles. The number of methoxy groups -OCH3 is 1. The Morgan fingerprint density at radius 3 is 2.56 bits per heavy atom. The van der Waals surface area contributed by atoms with Gasteiger partial charge in [-0.25, -0.2) is 4.98 Å². The fourth-order valence-electron chi connectivity index (χ4n) is 0.991. The number of hydrogen-bond donors (Lipinski definition) is 1. The highest BCUT2D eigenvalue weighted by Gasteiger charge is 2.34. The van der Waals surface area contributed by atoms with E-state index in [0.29, 0.717) is 0 Å². The summed E-state index contributed by atoms with van der Waals surface area (Å²) in [6.45, 7) is 0. The number of alkyl halides is 4. The molecule has 0 unspecified atom stereocenters. The predicted molar refractivity (Wildman–Crippen MR) is 48.7 cm³/mol. The molecule has 0 bridgehead atoms. The Labute approximate surface area is 93.6 Å². The summed E-state index contributed by atoms with van der Waals surface area (Å²) >= 11 is 5.45. The maximum absolute atomic E-state index is 11.9. The van der Waals surface area contributed by atoms with E-state index in [9.17, 15) is 18.3 Å². The van der Waals surface area contributed by atoms with Crippen molar-refractivity contribution in [1.82, 2.24) is 4.98 Å². The van der Waals surface area contributed by atoms with E-state index in [4.69, 9.17) is 16.3 Å². The Balaban J connectivity index is 3.14. The van der Waals surface area contributed by atoms with Crippen LogP contribution in [-0.2, 0) is 5.88 Å². The summed E-state index contributed by atoms with van der Waals surface area (Å²) in [5, 5.41) is 9.41. The first-order valence-corrected chi connectivity index (χ1v) is 4.49. The summed E-state index contributed by atoms with van der Waals surface area (Å²) in [7, 11) is 1.27. The molecule has 0 atom stereocenters. The molecule has 1 rings (SSSR count). The van der Waals surface area contributed by atoms with Crippen molar-refractivity contribution in [2.75, 3.05) is 7.11 Å². The molecule has 16 heavy (non-hydrogen) atoms. The molecule has 0 aliphatic heterocycles. The number of hydrogen-bond acceptors (Lipinski definition) is 4. The Kier molecular flexibility index (Phi) is 3.69. The number of aromatic nitrogens is 1. The van der Waals surface area contributed by atoms with Gasteiger partial charge < -0.3 is 14.6 Å². The predicted octanol–water partition coefficient (Wildman–Crippen LogP) is 2.43. The molecule has 1 aromatic rings. The molecule has 0 spiro atoms. The second-order valence-electron chi connectivity index (χ2n) is 2.64. The van der Waals surface area contributed by atoms with E-state index in [1.165, 1.54) is 7.11 Å². The summed E-state index contributed by atoms with van der Waals surface area (Å²) in [5.41, 5.74) is -0.0154. The van der Waals surface area contributed by atoms with Crippen molar-refractivity contribution in [2.45, 2.75) is 12.2 Å². The number of rotatable bonds is 3. The number of pyridine rings is 1. The van der Waals surface area contributed by atoms with Gasteiger partial charge in [0.2, 0.25) is 0 Å². The average molecular weight is 258 g/mol. The molecular formula is C8H7ClF3NO3. The van der Waals surface area contributed by atoms with Gasteiger partial charge in [-0.1, -0.05) is 0 Å². The number of halogens is 4. The van der Waals surface area contributed by atoms with E-state index in [1.54, 1.807) is 0 Å². The van der Waals surface area contributed by atoms with Crippen molar-refractivity contribution in [2.24, 2.45) is 0 Å². The van der Waals surface area contributed by atoms with Crippen LogP contribution in [0.1, 0.15) is 5.56 Å². The molecule has 0 aliphatic rings. The van der Waals surface area contributed by atoms with Gasteiger partial charge in [0.15, 0.2) is 5.75 Å². The first-order chi connectivity index (χ1) is 7.39. The van der Waals surface area contributed by atoms with E-state index >= 15 is 0 Å². The van der Waals surface area contributed by atoms with Crippen molar-refractivity contribution >= 4 is 11.6 Å². The van der Waals surface area contributed by atoms with Crippen molar-refractivity contribution in [3.05, 3.63) is 11.8 Å². The molecule has 0 saturated heterocycles. The van der Waals surface area contributed by atoms with E-state index in [2.05, 4.69) is 9.72 Å². The lowest BCUT2D eigenvalue weighted by molar-refractivity contribution is -0.276. The molecule has 0 fully saturated rings. The van der Waals surface area contributed by atoms with Gasteiger partial charge in [0, 0.05) is 0 Å². The van der Waals surface area contributed by atoms with Crippen LogP contribution < -0.4 is 9.47 Å². The monoisotopic (exact) mass is 257 g/mol. The van der Waals surface area contributed by atoms with Crippen molar-refractivity contribution in [3.8, 4) is 17.4 Å². The summed E-state index contributed by atoms with van der Waals surface area (Å²) < 4.78 is 44.0. The lowest BCUT2D eigenvalue weighted by Gasteiger charge is -2.13. The first-order valence-electron chi connectivity index (χ1n) is 3.95. The van der Waals surface area contributed by atoms with Crippen LogP contribution in [0.2, 0.25) is 0 Å².